The van der Waals surface area contributed by atoms with Gasteiger partial charge >= 0.3 is 0 Å². The summed E-state index contributed by atoms with van der Waals surface area (Å²) in [7, 11) is 3.70. The molecule has 23 heavy (non-hydrogen) atoms. The molecule has 0 aromatic carbocycles. The van der Waals surface area contributed by atoms with Crippen molar-refractivity contribution >= 4 is 32.6 Å². The number of aliphatic hydroxyl groups excluding tert-OH is 1. The zero-order valence-electron chi connectivity index (χ0n) is 13.5. The van der Waals surface area contributed by atoms with E-state index < -0.39 is 6.10 Å². The lowest BCUT2D eigenvalue weighted by Crippen LogP contribution is -2.00. The molecule has 120 valence electrons. The summed E-state index contributed by atoms with van der Waals surface area (Å²) < 4.78 is 0. The Hall–Kier alpha value is -2.25. The van der Waals surface area contributed by atoms with Crippen LogP contribution in [0.4, 0.5) is 10.9 Å². The van der Waals surface area contributed by atoms with Gasteiger partial charge in [-0.1, -0.05) is 11.3 Å². The minimum Gasteiger partial charge on any atom is -0.387 e. The van der Waals surface area contributed by atoms with E-state index in [1.165, 1.54) is 11.3 Å². The number of nitrogens with one attached hydrogen (secondary N) is 2. The summed E-state index contributed by atoms with van der Waals surface area (Å²) in [6.45, 7) is 3.72. The van der Waals surface area contributed by atoms with Crippen LogP contribution >= 0.6 is 11.3 Å². The molecule has 0 spiro atoms. The van der Waals surface area contributed by atoms with E-state index in [1.807, 2.05) is 33.2 Å². The molecule has 1 atom stereocenters. The second kappa shape index (κ2) is 6.10. The van der Waals surface area contributed by atoms with Crippen molar-refractivity contribution in [3.8, 4) is 11.1 Å². The molecule has 3 aromatic rings. The third-order valence-electron chi connectivity index (χ3n) is 3.68. The lowest BCUT2D eigenvalue weighted by molar-refractivity contribution is 0.194. The Balaban J connectivity index is 2.18. The molecule has 3 N–H and O–H groups in total. The van der Waals surface area contributed by atoms with Crippen LogP contribution in [0, 0.1) is 6.92 Å². The Labute approximate surface area is 138 Å². The Bertz CT molecular complexity index is 859. The first-order valence-corrected chi connectivity index (χ1v) is 8.17. The fraction of sp³-hybridized carbons (Fsp3) is 0.312. The standard InChI is InChI=1S/C16H19N5OS/c1-8-5-12(9(2)22)19-7-11(8)10-6-13-15(21-14(10)17-3)23-16(18-4)20-13/h5-7,9,22H,1-4H3,(H,17,21)(H,18,20). The molecule has 0 saturated carbocycles. The molecule has 0 aliphatic carbocycles. The van der Waals surface area contributed by atoms with Gasteiger partial charge in [0.05, 0.1) is 11.8 Å². The van der Waals surface area contributed by atoms with Gasteiger partial charge in [0.25, 0.3) is 0 Å². The fourth-order valence-electron chi connectivity index (χ4n) is 2.46. The van der Waals surface area contributed by atoms with Gasteiger partial charge in [0, 0.05) is 31.4 Å². The minimum atomic E-state index is -0.580. The van der Waals surface area contributed by atoms with E-state index in [4.69, 9.17) is 0 Å². The molecule has 3 heterocycles. The minimum absolute atomic E-state index is 0.580. The molecule has 0 aliphatic rings. The average Bonchev–Trinajstić information content (AvgIpc) is 2.95. The van der Waals surface area contributed by atoms with Gasteiger partial charge < -0.3 is 15.7 Å². The maximum Gasteiger partial charge on any atom is 0.185 e. The van der Waals surface area contributed by atoms with Crippen LogP contribution in [0.3, 0.4) is 0 Å². The summed E-state index contributed by atoms with van der Waals surface area (Å²) in [6.07, 6.45) is 1.20. The van der Waals surface area contributed by atoms with E-state index in [0.717, 1.165) is 38.0 Å². The topological polar surface area (TPSA) is 83.0 Å². The number of aliphatic hydroxyl groups is 1. The normalized spacial score (nSPS) is 12.4. The number of hydrogen-bond donors (Lipinski definition) is 3. The smallest absolute Gasteiger partial charge is 0.185 e. The van der Waals surface area contributed by atoms with E-state index in [0.29, 0.717) is 5.69 Å². The molecule has 3 aromatic heterocycles. The molecule has 0 fully saturated rings. The summed E-state index contributed by atoms with van der Waals surface area (Å²) in [5, 5.41) is 16.7. The molecular weight excluding hydrogens is 310 g/mol. The van der Waals surface area contributed by atoms with Crippen LogP contribution < -0.4 is 10.6 Å². The first-order valence-electron chi connectivity index (χ1n) is 7.35. The van der Waals surface area contributed by atoms with E-state index in [-0.39, 0.29) is 0 Å². The zero-order chi connectivity index (χ0) is 16.6. The number of anilines is 2. The molecular formula is C16H19N5OS. The van der Waals surface area contributed by atoms with Gasteiger partial charge in [-0.2, -0.15) is 0 Å². The molecule has 0 radical (unpaired) electrons. The third kappa shape index (κ3) is 2.85. The van der Waals surface area contributed by atoms with E-state index in [2.05, 4.69) is 25.6 Å². The molecule has 0 aliphatic heterocycles. The maximum absolute atomic E-state index is 9.68. The number of thiazole rings is 1. The van der Waals surface area contributed by atoms with Crippen LogP contribution in [0.2, 0.25) is 0 Å². The highest BCUT2D eigenvalue weighted by molar-refractivity contribution is 7.21. The molecule has 6 nitrogen and oxygen atoms in total. The van der Waals surface area contributed by atoms with Crippen molar-refractivity contribution < 1.29 is 5.11 Å². The monoisotopic (exact) mass is 329 g/mol. The lowest BCUT2D eigenvalue weighted by atomic mass is 10.0. The molecule has 0 bridgehead atoms. The number of rotatable bonds is 4. The number of pyridine rings is 2. The largest absolute Gasteiger partial charge is 0.387 e. The van der Waals surface area contributed by atoms with E-state index in [9.17, 15) is 5.11 Å². The van der Waals surface area contributed by atoms with Gasteiger partial charge in [0.15, 0.2) is 5.13 Å². The maximum atomic E-state index is 9.68. The molecule has 7 heteroatoms. The number of hydrogen-bond acceptors (Lipinski definition) is 7. The van der Waals surface area contributed by atoms with Gasteiger partial charge in [0.1, 0.15) is 16.2 Å². The Kier molecular flexibility index (Phi) is 4.14. The summed E-state index contributed by atoms with van der Waals surface area (Å²) in [4.78, 5) is 14.4. The Morgan fingerprint density at radius 1 is 1.13 bits per heavy atom. The van der Waals surface area contributed by atoms with Gasteiger partial charge in [-0.25, -0.2) is 9.97 Å². The van der Waals surface area contributed by atoms with Crippen molar-refractivity contribution in [1.29, 1.82) is 0 Å². The van der Waals surface area contributed by atoms with Crippen LogP contribution in [0.15, 0.2) is 18.3 Å². The van der Waals surface area contributed by atoms with Crippen LogP contribution in [0.25, 0.3) is 21.5 Å². The van der Waals surface area contributed by atoms with Crippen LogP contribution in [0.5, 0.6) is 0 Å². The third-order valence-corrected chi connectivity index (χ3v) is 4.67. The van der Waals surface area contributed by atoms with Gasteiger partial charge in [-0.05, 0) is 31.5 Å². The van der Waals surface area contributed by atoms with E-state index >= 15 is 0 Å². The van der Waals surface area contributed by atoms with E-state index in [1.54, 1.807) is 13.1 Å². The number of fused-ring (bicyclic) bond motifs is 1. The van der Waals surface area contributed by atoms with Crippen molar-refractivity contribution in [1.82, 2.24) is 15.0 Å². The van der Waals surface area contributed by atoms with Gasteiger partial charge in [-0.3, -0.25) is 4.98 Å². The van der Waals surface area contributed by atoms with Gasteiger partial charge in [0.2, 0.25) is 0 Å². The lowest BCUT2D eigenvalue weighted by Gasteiger charge is -2.12. The van der Waals surface area contributed by atoms with Crippen LogP contribution in [-0.2, 0) is 0 Å². The zero-order valence-corrected chi connectivity index (χ0v) is 14.3. The number of nitrogens with zero attached hydrogens (tertiary/aromatic N) is 3. The quantitative estimate of drug-likeness (QED) is 0.682. The Morgan fingerprint density at radius 2 is 1.91 bits per heavy atom. The molecule has 0 amide bonds. The summed E-state index contributed by atoms with van der Waals surface area (Å²) in [5.74, 6) is 0.790. The second-order valence-corrected chi connectivity index (χ2v) is 6.31. The molecule has 0 saturated heterocycles. The van der Waals surface area contributed by atoms with Crippen molar-refractivity contribution in [3.05, 3.63) is 29.6 Å². The fourth-order valence-corrected chi connectivity index (χ4v) is 3.23. The molecule has 3 rings (SSSR count). The first-order chi connectivity index (χ1) is 11.0. The highest BCUT2D eigenvalue weighted by atomic mass is 32.1. The summed E-state index contributed by atoms with van der Waals surface area (Å²) in [5.41, 5.74) is 4.49. The van der Waals surface area contributed by atoms with Crippen molar-refractivity contribution in [2.45, 2.75) is 20.0 Å². The average molecular weight is 329 g/mol. The van der Waals surface area contributed by atoms with Crippen LogP contribution in [0.1, 0.15) is 24.3 Å². The van der Waals surface area contributed by atoms with Crippen molar-refractivity contribution in [2.75, 3.05) is 24.7 Å². The highest BCUT2D eigenvalue weighted by Crippen LogP contribution is 2.34. The predicted octanol–water partition coefficient (Wildman–Crippen LogP) is 3.20. The number of aryl methyl sites for hydroxylation is 1. The second-order valence-electron chi connectivity index (χ2n) is 5.33. The van der Waals surface area contributed by atoms with Crippen molar-refractivity contribution in [2.24, 2.45) is 0 Å². The van der Waals surface area contributed by atoms with Crippen molar-refractivity contribution in [3.63, 3.8) is 0 Å². The van der Waals surface area contributed by atoms with Gasteiger partial charge in [-0.15, -0.1) is 0 Å². The SMILES string of the molecule is CNc1nc2cc(-c3cnc(C(C)O)cc3C)c(NC)nc2s1. The molecule has 1 unspecified atom stereocenters. The van der Waals surface area contributed by atoms with Crippen LogP contribution in [-0.4, -0.2) is 34.2 Å². The number of aromatic nitrogens is 3. The predicted molar refractivity (Wildman–Crippen MR) is 95.1 cm³/mol. The Morgan fingerprint density at radius 3 is 2.52 bits per heavy atom. The summed E-state index contributed by atoms with van der Waals surface area (Å²) in [6, 6.07) is 3.93. The highest BCUT2D eigenvalue weighted by Gasteiger charge is 2.15. The summed E-state index contributed by atoms with van der Waals surface area (Å²) >= 11 is 1.52. The first kappa shape index (κ1) is 15.6.